The summed E-state index contributed by atoms with van der Waals surface area (Å²) in [5, 5.41) is 10.6. The Labute approximate surface area is 92.0 Å². The molecule has 1 aromatic carbocycles. The molecule has 6 heteroatoms. The van der Waals surface area contributed by atoms with Gasteiger partial charge in [-0.05, 0) is 34.7 Å². The molecule has 0 heterocycles. The molecule has 0 atom stereocenters. The number of hydrogen-bond acceptors (Lipinski definition) is 2. The molecule has 0 aliphatic rings. The fraction of sp³-hybridized carbons (Fsp3) is 0. The Bertz CT molecular complexity index is 343. The smallest absolute Gasteiger partial charge is 0.258 e. The molecular weight excluding hydrogens is 316 g/mol. The molecule has 0 saturated carbocycles. The molecule has 0 spiro atoms. The van der Waals surface area contributed by atoms with E-state index in [1.807, 2.05) is 22.6 Å². The Morgan fingerprint density at radius 3 is 2.42 bits per heavy atom. The lowest BCUT2D eigenvalue weighted by molar-refractivity contribution is -0.385. The molecule has 3 nitrogen and oxygen atoms in total. The topological polar surface area (TPSA) is 43.1 Å². The van der Waals surface area contributed by atoms with Gasteiger partial charge in [-0.1, -0.05) is 23.2 Å². The molecule has 0 aliphatic heterocycles. The zero-order chi connectivity index (χ0) is 9.30. The van der Waals surface area contributed by atoms with Crippen molar-refractivity contribution >= 4 is 51.5 Å². The van der Waals surface area contributed by atoms with Gasteiger partial charge in [-0.25, -0.2) is 0 Å². The second-order valence-electron chi connectivity index (χ2n) is 1.95. The van der Waals surface area contributed by atoms with Crippen molar-refractivity contribution in [2.45, 2.75) is 0 Å². The summed E-state index contributed by atoms with van der Waals surface area (Å²) in [7, 11) is 0. The third-order valence-electron chi connectivity index (χ3n) is 1.20. The lowest BCUT2D eigenvalue weighted by Crippen LogP contribution is -1.92. The lowest BCUT2D eigenvalue weighted by Gasteiger charge is -1.98. The van der Waals surface area contributed by atoms with E-state index < -0.39 is 4.92 Å². The van der Waals surface area contributed by atoms with Crippen molar-refractivity contribution in [1.29, 1.82) is 0 Å². The first kappa shape index (κ1) is 10.0. The van der Waals surface area contributed by atoms with Crippen LogP contribution < -0.4 is 0 Å². The van der Waals surface area contributed by atoms with Gasteiger partial charge in [0.1, 0.15) is 5.02 Å². The highest BCUT2D eigenvalue weighted by Gasteiger charge is 2.19. The fourth-order valence-electron chi connectivity index (χ4n) is 0.684. The van der Waals surface area contributed by atoms with Crippen LogP contribution in [0.25, 0.3) is 0 Å². The standard InChI is InChI=1S/C6H2Cl2INO2/c7-3-1-2-4(9)6(5(3)8)10(11)12/h1-2H. The van der Waals surface area contributed by atoms with E-state index in [-0.39, 0.29) is 15.7 Å². The van der Waals surface area contributed by atoms with Crippen LogP contribution in [0.4, 0.5) is 5.69 Å². The zero-order valence-electron chi connectivity index (χ0n) is 5.55. The highest BCUT2D eigenvalue weighted by molar-refractivity contribution is 14.1. The summed E-state index contributed by atoms with van der Waals surface area (Å²) in [5.74, 6) is 0. The van der Waals surface area contributed by atoms with Gasteiger partial charge in [-0.3, -0.25) is 10.1 Å². The van der Waals surface area contributed by atoms with Crippen molar-refractivity contribution in [3.8, 4) is 0 Å². The molecule has 1 aromatic rings. The van der Waals surface area contributed by atoms with E-state index in [2.05, 4.69) is 0 Å². The minimum absolute atomic E-state index is 0.00596. The maximum absolute atomic E-state index is 10.5. The van der Waals surface area contributed by atoms with Crippen LogP contribution in [-0.2, 0) is 0 Å². The molecule has 0 fully saturated rings. The molecule has 64 valence electrons. The Hall–Kier alpha value is -0.0700. The summed E-state index contributed by atoms with van der Waals surface area (Å²) in [6, 6.07) is 3.07. The van der Waals surface area contributed by atoms with E-state index in [4.69, 9.17) is 23.2 Å². The van der Waals surface area contributed by atoms with Crippen LogP contribution in [0.5, 0.6) is 0 Å². The first-order chi connectivity index (χ1) is 5.54. The van der Waals surface area contributed by atoms with Crippen LogP contribution in [0.2, 0.25) is 10.0 Å². The third-order valence-corrected chi connectivity index (χ3v) is 2.87. The summed E-state index contributed by atoms with van der Waals surface area (Å²) < 4.78 is 0.479. The quantitative estimate of drug-likeness (QED) is 0.344. The molecule has 0 aliphatic carbocycles. The predicted molar refractivity (Wildman–Crippen MR) is 55.8 cm³/mol. The zero-order valence-corrected chi connectivity index (χ0v) is 9.22. The SMILES string of the molecule is O=[N+]([O-])c1c(I)ccc(Cl)c1Cl. The van der Waals surface area contributed by atoms with Crippen LogP contribution >= 0.6 is 45.8 Å². The average molecular weight is 318 g/mol. The van der Waals surface area contributed by atoms with Crippen LogP contribution in [0.15, 0.2) is 12.1 Å². The number of nitro groups is 1. The van der Waals surface area contributed by atoms with E-state index in [0.717, 1.165) is 0 Å². The van der Waals surface area contributed by atoms with E-state index in [9.17, 15) is 10.1 Å². The number of halogens is 3. The predicted octanol–water partition coefficient (Wildman–Crippen LogP) is 3.51. The molecule has 0 amide bonds. The van der Waals surface area contributed by atoms with Crippen molar-refractivity contribution in [3.05, 3.63) is 35.9 Å². The number of hydrogen-bond donors (Lipinski definition) is 0. The molecule has 12 heavy (non-hydrogen) atoms. The van der Waals surface area contributed by atoms with E-state index >= 15 is 0 Å². The second kappa shape index (κ2) is 3.76. The second-order valence-corrected chi connectivity index (χ2v) is 3.90. The van der Waals surface area contributed by atoms with Crippen LogP contribution in [0.1, 0.15) is 0 Å². The number of rotatable bonds is 1. The largest absolute Gasteiger partial charge is 0.302 e. The van der Waals surface area contributed by atoms with Gasteiger partial charge in [-0.2, -0.15) is 0 Å². The van der Waals surface area contributed by atoms with Crippen LogP contribution in [0.3, 0.4) is 0 Å². The number of nitrogens with zero attached hydrogens (tertiary/aromatic N) is 1. The van der Waals surface area contributed by atoms with Gasteiger partial charge in [0, 0.05) is 0 Å². The fourth-order valence-corrected chi connectivity index (χ4v) is 1.88. The van der Waals surface area contributed by atoms with Crippen LogP contribution in [-0.4, -0.2) is 4.92 Å². The van der Waals surface area contributed by atoms with Gasteiger partial charge in [-0.15, -0.1) is 0 Å². The lowest BCUT2D eigenvalue weighted by atomic mass is 10.3. The molecule has 0 saturated heterocycles. The molecule has 0 radical (unpaired) electrons. The van der Waals surface area contributed by atoms with E-state index in [0.29, 0.717) is 3.57 Å². The van der Waals surface area contributed by atoms with Gasteiger partial charge < -0.3 is 0 Å². The molecule has 0 bridgehead atoms. The normalized spacial score (nSPS) is 9.92. The Kier molecular flexibility index (Phi) is 3.14. The van der Waals surface area contributed by atoms with Gasteiger partial charge >= 0.3 is 5.69 Å². The van der Waals surface area contributed by atoms with E-state index in [1.54, 1.807) is 6.07 Å². The third kappa shape index (κ3) is 1.81. The molecule has 0 aromatic heterocycles. The van der Waals surface area contributed by atoms with Crippen molar-refractivity contribution in [1.82, 2.24) is 0 Å². The summed E-state index contributed by atoms with van der Waals surface area (Å²) >= 11 is 13.0. The Balaban J connectivity index is 3.43. The van der Waals surface area contributed by atoms with Crippen molar-refractivity contribution in [3.63, 3.8) is 0 Å². The van der Waals surface area contributed by atoms with Gasteiger partial charge in [0.25, 0.3) is 0 Å². The van der Waals surface area contributed by atoms with Crippen molar-refractivity contribution in [2.24, 2.45) is 0 Å². The first-order valence-corrected chi connectivity index (χ1v) is 4.65. The van der Waals surface area contributed by atoms with E-state index in [1.165, 1.54) is 6.07 Å². The summed E-state index contributed by atoms with van der Waals surface area (Å²) in [6.45, 7) is 0. The average Bonchev–Trinajstić information content (AvgIpc) is 1.97. The summed E-state index contributed by atoms with van der Waals surface area (Å²) in [4.78, 5) is 9.91. The molecule has 1 rings (SSSR count). The number of benzene rings is 1. The minimum Gasteiger partial charge on any atom is -0.258 e. The van der Waals surface area contributed by atoms with Gasteiger partial charge in [0.15, 0.2) is 0 Å². The monoisotopic (exact) mass is 317 g/mol. The maximum atomic E-state index is 10.5. The Morgan fingerprint density at radius 1 is 1.42 bits per heavy atom. The highest BCUT2D eigenvalue weighted by atomic mass is 127. The number of nitro benzene ring substituents is 1. The van der Waals surface area contributed by atoms with Gasteiger partial charge in [0.2, 0.25) is 0 Å². The maximum Gasteiger partial charge on any atom is 0.302 e. The molecule has 0 N–H and O–H groups in total. The van der Waals surface area contributed by atoms with Crippen molar-refractivity contribution < 1.29 is 4.92 Å². The molecular formula is C6H2Cl2INO2. The van der Waals surface area contributed by atoms with Gasteiger partial charge in [0.05, 0.1) is 13.5 Å². The van der Waals surface area contributed by atoms with Crippen LogP contribution in [0, 0.1) is 13.7 Å². The molecule has 0 unspecified atom stereocenters. The summed E-state index contributed by atoms with van der Waals surface area (Å²) in [5.41, 5.74) is -0.134. The minimum atomic E-state index is -0.546. The first-order valence-electron chi connectivity index (χ1n) is 2.82. The van der Waals surface area contributed by atoms with Crippen molar-refractivity contribution in [2.75, 3.05) is 0 Å². The Morgan fingerprint density at radius 2 is 2.00 bits per heavy atom. The summed E-state index contributed by atoms with van der Waals surface area (Å²) in [6.07, 6.45) is 0. The highest BCUT2D eigenvalue weighted by Crippen LogP contribution is 2.35.